The molecular weight excluding hydrogens is 324 g/mol. The minimum absolute atomic E-state index is 0.00440. The summed E-state index contributed by atoms with van der Waals surface area (Å²) in [7, 11) is 4.56. The van der Waals surface area contributed by atoms with E-state index in [9.17, 15) is 9.59 Å². The number of hydrogen-bond donors (Lipinski definition) is 1. The Labute approximate surface area is 149 Å². The second kappa shape index (κ2) is 10.4. The molecular formula is C18H28N2O5. The average Bonchev–Trinajstić information content (AvgIpc) is 2.61. The predicted molar refractivity (Wildman–Crippen MR) is 96.7 cm³/mol. The minimum atomic E-state index is -0.142. The lowest BCUT2D eigenvalue weighted by Crippen LogP contribution is -2.37. The molecule has 1 rings (SSSR count). The van der Waals surface area contributed by atoms with E-state index < -0.39 is 0 Å². The van der Waals surface area contributed by atoms with Gasteiger partial charge in [0.2, 0.25) is 17.6 Å². The highest BCUT2D eigenvalue weighted by molar-refractivity contribution is 5.92. The van der Waals surface area contributed by atoms with Crippen LogP contribution in [0.3, 0.4) is 0 Å². The van der Waals surface area contributed by atoms with Gasteiger partial charge in [0.1, 0.15) is 0 Å². The molecule has 7 heteroatoms. The highest BCUT2D eigenvalue weighted by Crippen LogP contribution is 2.41. The standard InChI is InChI=1S/C18H28N2O5/c1-6-7-8-17(22)19-9-10-20(13(2)21)14-11-15(23-3)18(25-5)16(12-14)24-4/h11-12H,6-10H2,1-5H3,(H,19,22). The van der Waals surface area contributed by atoms with Gasteiger partial charge in [-0.05, 0) is 6.42 Å². The van der Waals surface area contributed by atoms with Crippen molar-refractivity contribution < 1.29 is 23.8 Å². The Morgan fingerprint density at radius 1 is 1.08 bits per heavy atom. The quantitative estimate of drug-likeness (QED) is 0.699. The van der Waals surface area contributed by atoms with E-state index in [0.717, 1.165) is 12.8 Å². The Bertz CT molecular complexity index is 564. The Balaban J connectivity index is 2.92. The Morgan fingerprint density at radius 3 is 2.12 bits per heavy atom. The monoisotopic (exact) mass is 352 g/mol. The normalized spacial score (nSPS) is 10.1. The van der Waals surface area contributed by atoms with E-state index in [1.807, 2.05) is 6.92 Å². The van der Waals surface area contributed by atoms with Crippen LogP contribution in [0.2, 0.25) is 0 Å². The fraction of sp³-hybridized carbons (Fsp3) is 0.556. The Kier molecular flexibility index (Phi) is 8.60. The summed E-state index contributed by atoms with van der Waals surface area (Å²) in [4.78, 5) is 25.3. The van der Waals surface area contributed by atoms with Crippen LogP contribution in [-0.4, -0.2) is 46.2 Å². The summed E-state index contributed by atoms with van der Waals surface area (Å²) in [6.45, 7) is 4.24. The first kappa shape index (κ1) is 20.6. The van der Waals surface area contributed by atoms with Gasteiger partial charge in [0, 0.05) is 38.6 Å². The molecule has 140 valence electrons. The van der Waals surface area contributed by atoms with Gasteiger partial charge in [0.15, 0.2) is 11.5 Å². The topological polar surface area (TPSA) is 77.1 Å². The second-order valence-corrected chi connectivity index (χ2v) is 5.51. The van der Waals surface area contributed by atoms with Gasteiger partial charge in [-0.2, -0.15) is 0 Å². The highest BCUT2D eigenvalue weighted by atomic mass is 16.5. The van der Waals surface area contributed by atoms with Crippen LogP contribution in [0.25, 0.3) is 0 Å². The third kappa shape index (κ3) is 5.85. The van der Waals surface area contributed by atoms with Crippen molar-refractivity contribution in [2.24, 2.45) is 0 Å². The number of carbonyl (C=O) groups excluding carboxylic acids is 2. The number of unbranched alkanes of at least 4 members (excludes halogenated alkanes) is 1. The lowest BCUT2D eigenvalue weighted by Gasteiger charge is -2.23. The second-order valence-electron chi connectivity index (χ2n) is 5.51. The molecule has 0 bridgehead atoms. The number of rotatable bonds is 10. The molecule has 0 saturated heterocycles. The largest absolute Gasteiger partial charge is 0.493 e. The molecule has 0 heterocycles. The van der Waals surface area contributed by atoms with Crippen molar-refractivity contribution >= 4 is 17.5 Å². The Hall–Kier alpha value is -2.44. The summed E-state index contributed by atoms with van der Waals surface area (Å²) in [5.41, 5.74) is 0.616. The van der Waals surface area contributed by atoms with Gasteiger partial charge >= 0.3 is 0 Å². The fourth-order valence-electron chi connectivity index (χ4n) is 2.42. The summed E-state index contributed by atoms with van der Waals surface area (Å²) in [6.07, 6.45) is 2.33. The first-order valence-electron chi connectivity index (χ1n) is 8.33. The zero-order valence-electron chi connectivity index (χ0n) is 15.7. The van der Waals surface area contributed by atoms with Crippen molar-refractivity contribution in [3.05, 3.63) is 12.1 Å². The van der Waals surface area contributed by atoms with E-state index in [4.69, 9.17) is 14.2 Å². The van der Waals surface area contributed by atoms with Crippen LogP contribution < -0.4 is 24.4 Å². The van der Waals surface area contributed by atoms with Crippen molar-refractivity contribution in [2.75, 3.05) is 39.3 Å². The molecule has 0 fully saturated rings. The molecule has 1 aromatic rings. The molecule has 0 aromatic heterocycles. The molecule has 0 saturated carbocycles. The van der Waals surface area contributed by atoms with Gasteiger partial charge in [-0.3, -0.25) is 9.59 Å². The van der Waals surface area contributed by atoms with E-state index in [0.29, 0.717) is 42.4 Å². The summed E-state index contributed by atoms with van der Waals surface area (Å²) in [5.74, 6) is 1.25. The van der Waals surface area contributed by atoms with Crippen molar-refractivity contribution in [3.8, 4) is 17.2 Å². The summed E-state index contributed by atoms with van der Waals surface area (Å²) in [5, 5.41) is 2.83. The van der Waals surface area contributed by atoms with Gasteiger partial charge in [0.05, 0.1) is 27.0 Å². The maximum Gasteiger partial charge on any atom is 0.223 e. The number of hydrogen-bond acceptors (Lipinski definition) is 5. The summed E-state index contributed by atoms with van der Waals surface area (Å²) in [6, 6.07) is 3.42. The molecule has 0 aliphatic heterocycles. The number of ether oxygens (including phenoxy) is 3. The molecule has 1 aromatic carbocycles. The van der Waals surface area contributed by atoms with E-state index in [-0.39, 0.29) is 11.8 Å². The average molecular weight is 352 g/mol. The van der Waals surface area contributed by atoms with Crippen LogP contribution in [0.1, 0.15) is 33.1 Å². The number of methoxy groups -OCH3 is 3. The maximum absolute atomic E-state index is 12.0. The lowest BCUT2D eigenvalue weighted by atomic mass is 10.2. The summed E-state index contributed by atoms with van der Waals surface area (Å²) >= 11 is 0. The SMILES string of the molecule is CCCCC(=O)NCCN(C(C)=O)c1cc(OC)c(OC)c(OC)c1. The molecule has 0 aliphatic carbocycles. The first-order chi connectivity index (χ1) is 12.0. The van der Waals surface area contributed by atoms with Gasteiger partial charge < -0.3 is 24.4 Å². The minimum Gasteiger partial charge on any atom is -0.493 e. The predicted octanol–water partition coefficient (Wildman–Crippen LogP) is 2.37. The smallest absolute Gasteiger partial charge is 0.223 e. The zero-order valence-corrected chi connectivity index (χ0v) is 15.7. The lowest BCUT2D eigenvalue weighted by molar-refractivity contribution is -0.121. The van der Waals surface area contributed by atoms with Crippen molar-refractivity contribution in [1.82, 2.24) is 5.32 Å². The molecule has 0 unspecified atom stereocenters. The molecule has 25 heavy (non-hydrogen) atoms. The molecule has 7 nitrogen and oxygen atoms in total. The van der Waals surface area contributed by atoms with E-state index in [1.54, 1.807) is 17.0 Å². The molecule has 0 atom stereocenters. The number of amides is 2. The van der Waals surface area contributed by atoms with Crippen LogP contribution >= 0.6 is 0 Å². The van der Waals surface area contributed by atoms with E-state index in [2.05, 4.69) is 5.32 Å². The fourth-order valence-corrected chi connectivity index (χ4v) is 2.42. The van der Waals surface area contributed by atoms with Crippen molar-refractivity contribution in [3.63, 3.8) is 0 Å². The molecule has 0 aliphatic rings. The van der Waals surface area contributed by atoms with Gasteiger partial charge in [-0.15, -0.1) is 0 Å². The summed E-state index contributed by atoms with van der Waals surface area (Å²) < 4.78 is 15.9. The third-order valence-corrected chi connectivity index (χ3v) is 3.76. The van der Waals surface area contributed by atoms with Crippen LogP contribution in [0, 0.1) is 0 Å². The van der Waals surface area contributed by atoms with Crippen molar-refractivity contribution in [1.29, 1.82) is 0 Å². The number of benzene rings is 1. The number of nitrogens with zero attached hydrogens (tertiary/aromatic N) is 1. The number of nitrogens with one attached hydrogen (secondary N) is 1. The molecule has 2 amide bonds. The molecule has 0 spiro atoms. The van der Waals surface area contributed by atoms with Gasteiger partial charge in [-0.25, -0.2) is 0 Å². The van der Waals surface area contributed by atoms with E-state index >= 15 is 0 Å². The molecule has 0 radical (unpaired) electrons. The van der Waals surface area contributed by atoms with Gasteiger partial charge in [0.25, 0.3) is 0 Å². The zero-order chi connectivity index (χ0) is 18.8. The van der Waals surface area contributed by atoms with Crippen LogP contribution in [0.15, 0.2) is 12.1 Å². The van der Waals surface area contributed by atoms with Gasteiger partial charge in [-0.1, -0.05) is 13.3 Å². The first-order valence-corrected chi connectivity index (χ1v) is 8.33. The van der Waals surface area contributed by atoms with E-state index in [1.165, 1.54) is 28.3 Å². The highest BCUT2D eigenvalue weighted by Gasteiger charge is 2.19. The third-order valence-electron chi connectivity index (χ3n) is 3.76. The molecule has 1 N–H and O–H groups in total. The van der Waals surface area contributed by atoms with Crippen LogP contribution in [0.5, 0.6) is 17.2 Å². The number of carbonyl (C=O) groups is 2. The Morgan fingerprint density at radius 2 is 1.68 bits per heavy atom. The van der Waals surface area contributed by atoms with Crippen LogP contribution in [0.4, 0.5) is 5.69 Å². The maximum atomic E-state index is 12.0. The van der Waals surface area contributed by atoms with Crippen LogP contribution in [-0.2, 0) is 9.59 Å². The van der Waals surface area contributed by atoms with Crippen molar-refractivity contribution in [2.45, 2.75) is 33.1 Å². The number of anilines is 1.